The molecule has 0 fully saturated rings. The Morgan fingerprint density at radius 2 is 2.00 bits per heavy atom. The third-order valence-electron chi connectivity index (χ3n) is 3.20. The third-order valence-corrected chi connectivity index (χ3v) is 3.20. The van der Waals surface area contributed by atoms with E-state index in [1.54, 1.807) is 0 Å². The van der Waals surface area contributed by atoms with Gasteiger partial charge in [-0.15, -0.1) is 0 Å². The summed E-state index contributed by atoms with van der Waals surface area (Å²) in [5, 5.41) is 12.5. The van der Waals surface area contributed by atoms with Crippen molar-refractivity contribution in [3.05, 3.63) is 42.4 Å². The second-order valence-electron chi connectivity index (χ2n) is 4.73. The second-order valence-corrected chi connectivity index (χ2v) is 4.73. The lowest BCUT2D eigenvalue weighted by Gasteiger charge is -2.30. The quantitative estimate of drug-likeness (QED) is 0.830. The van der Waals surface area contributed by atoms with E-state index < -0.39 is 29.8 Å². The molecule has 2 N–H and O–H groups in total. The Morgan fingerprint density at radius 3 is 2.55 bits per heavy atom. The van der Waals surface area contributed by atoms with Crippen molar-refractivity contribution in [2.45, 2.75) is 18.2 Å². The summed E-state index contributed by atoms with van der Waals surface area (Å²) in [7, 11) is 1.35. The van der Waals surface area contributed by atoms with Gasteiger partial charge in [-0.05, 0) is 12.1 Å². The molecule has 22 heavy (non-hydrogen) atoms. The van der Waals surface area contributed by atoms with Gasteiger partial charge in [-0.2, -0.15) is 13.2 Å². The number of aliphatic hydroxyl groups is 1. The number of aromatic nitrogens is 3. The molecule has 2 rings (SSSR count). The van der Waals surface area contributed by atoms with Gasteiger partial charge >= 0.3 is 6.18 Å². The molecule has 2 aromatic heterocycles. The molecule has 0 aliphatic rings. The Balaban J connectivity index is 2.16. The zero-order valence-corrected chi connectivity index (χ0v) is 11.6. The molecule has 120 valence electrons. The minimum atomic E-state index is -4.92. The first kappa shape index (κ1) is 16.2. The largest absolute Gasteiger partial charge is 0.424 e. The highest BCUT2D eigenvalue weighted by Gasteiger charge is 2.57. The van der Waals surface area contributed by atoms with Gasteiger partial charge in [0.1, 0.15) is 5.82 Å². The smallest absolute Gasteiger partial charge is 0.374 e. The van der Waals surface area contributed by atoms with Gasteiger partial charge in [0, 0.05) is 38.6 Å². The zero-order chi connectivity index (χ0) is 16.4. The van der Waals surface area contributed by atoms with Crippen molar-refractivity contribution in [1.82, 2.24) is 14.5 Å². The number of pyridine rings is 1. The highest BCUT2D eigenvalue weighted by atomic mass is 19.4. The molecule has 0 aliphatic carbocycles. The van der Waals surface area contributed by atoms with Crippen LogP contribution in [0.15, 0.2) is 30.7 Å². The fraction of sp³-hybridized carbons (Fsp3) is 0.385. The molecule has 0 unspecified atom stereocenters. The van der Waals surface area contributed by atoms with Crippen molar-refractivity contribution in [2.24, 2.45) is 7.05 Å². The number of hydrogen-bond donors (Lipinski definition) is 2. The van der Waals surface area contributed by atoms with E-state index in [0.717, 1.165) is 16.8 Å². The van der Waals surface area contributed by atoms with Crippen LogP contribution in [0, 0.1) is 5.82 Å². The van der Waals surface area contributed by atoms with Gasteiger partial charge < -0.3 is 15.0 Å². The Labute approximate surface area is 123 Å². The average Bonchev–Trinajstić information content (AvgIpc) is 2.86. The van der Waals surface area contributed by atoms with Crippen LogP contribution in [0.4, 0.5) is 23.4 Å². The van der Waals surface area contributed by atoms with Crippen molar-refractivity contribution >= 4 is 5.82 Å². The van der Waals surface area contributed by atoms with Crippen LogP contribution in [0.25, 0.3) is 0 Å². The zero-order valence-electron chi connectivity index (χ0n) is 11.6. The van der Waals surface area contributed by atoms with Crippen LogP contribution in [-0.2, 0) is 12.6 Å². The number of halogens is 4. The molecule has 2 aromatic rings. The molecule has 0 aliphatic heterocycles. The number of nitrogens with zero attached hydrogens (tertiary/aromatic N) is 3. The molecular weight excluding hydrogens is 304 g/mol. The maximum atomic E-state index is 13.4. The van der Waals surface area contributed by atoms with Gasteiger partial charge in [0.05, 0.1) is 0 Å². The Morgan fingerprint density at radius 1 is 1.27 bits per heavy atom. The van der Waals surface area contributed by atoms with E-state index in [0.29, 0.717) is 0 Å². The van der Waals surface area contributed by atoms with Gasteiger partial charge in [0.15, 0.2) is 11.6 Å². The summed E-state index contributed by atoms with van der Waals surface area (Å²) in [6.07, 6.45) is -1.89. The van der Waals surface area contributed by atoms with Crippen LogP contribution in [0.5, 0.6) is 0 Å². The molecule has 0 aromatic carbocycles. The fourth-order valence-electron chi connectivity index (χ4n) is 2.02. The first-order valence-electron chi connectivity index (χ1n) is 6.37. The van der Waals surface area contributed by atoms with Gasteiger partial charge in [-0.3, -0.25) is 0 Å². The van der Waals surface area contributed by atoms with E-state index in [1.165, 1.54) is 25.5 Å². The first-order chi connectivity index (χ1) is 10.3. The maximum absolute atomic E-state index is 13.4. The first-order valence-corrected chi connectivity index (χ1v) is 6.37. The van der Waals surface area contributed by atoms with Gasteiger partial charge in [-0.25, -0.2) is 14.4 Å². The number of hydrogen-bond acceptors (Lipinski definition) is 4. The summed E-state index contributed by atoms with van der Waals surface area (Å²) < 4.78 is 54.1. The number of nitrogens with one attached hydrogen (secondary N) is 1. The van der Waals surface area contributed by atoms with Crippen LogP contribution >= 0.6 is 0 Å². The lowest BCUT2D eigenvalue weighted by atomic mass is 9.97. The monoisotopic (exact) mass is 318 g/mol. The molecule has 0 saturated heterocycles. The Hall–Kier alpha value is -2.16. The summed E-state index contributed by atoms with van der Waals surface area (Å²) in [5.74, 6) is -1.38. The van der Waals surface area contributed by atoms with Crippen molar-refractivity contribution in [3.8, 4) is 0 Å². The van der Waals surface area contributed by atoms with E-state index in [4.69, 9.17) is 0 Å². The van der Waals surface area contributed by atoms with Crippen LogP contribution in [0.3, 0.4) is 0 Å². The minimum Gasteiger partial charge on any atom is -0.374 e. The molecule has 2 heterocycles. The van der Waals surface area contributed by atoms with Crippen molar-refractivity contribution in [2.75, 3.05) is 11.9 Å². The molecule has 0 spiro atoms. The molecule has 1 atom stereocenters. The summed E-state index contributed by atoms with van der Waals surface area (Å²) in [6, 6.07) is 2.49. The third kappa shape index (κ3) is 3.03. The van der Waals surface area contributed by atoms with Gasteiger partial charge in [0.2, 0.25) is 5.60 Å². The number of anilines is 1. The highest BCUT2D eigenvalue weighted by Crippen LogP contribution is 2.40. The van der Waals surface area contributed by atoms with Crippen molar-refractivity contribution in [3.63, 3.8) is 0 Å². The normalized spacial score (nSPS) is 14.6. The molecule has 0 saturated carbocycles. The predicted molar refractivity (Wildman–Crippen MR) is 70.5 cm³/mol. The van der Waals surface area contributed by atoms with E-state index in [-0.39, 0.29) is 12.4 Å². The summed E-state index contributed by atoms with van der Waals surface area (Å²) in [6.45, 7) is -0.337. The van der Waals surface area contributed by atoms with E-state index in [2.05, 4.69) is 15.3 Å². The van der Waals surface area contributed by atoms with Gasteiger partial charge in [0.25, 0.3) is 0 Å². The van der Waals surface area contributed by atoms with Crippen molar-refractivity contribution < 1.29 is 22.7 Å². The predicted octanol–water partition coefficient (Wildman–Crippen LogP) is 2.21. The molecule has 9 heteroatoms. The second kappa shape index (κ2) is 5.91. The summed E-state index contributed by atoms with van der Waals surface area (Å²) in [5.41, 5.74) is -3.14. The van der Waals surface area contributed by atoms with E-state index in [9.17, 15) is 22.7 Å². The number of rotatable bonds is 5. The molecule has 0 bridgehead atoms. The summed E-state index contributed by atoms with van der Waals surface area (Å²) in [4.78, 5) is 7.24. The van der Waals surface area contributed by atoms with Crippen LogP contribution in [0.1, 0.15) is 12.2 Å². The van der Waals surface area contributed by atoms with Crippen LogP contribution < -0.4 is 5.32 Å². The lowest BCUT2D eigenvalue weighted by molar-refractivity contribution is -0.271. The standard InChI is InChI=1S/C13H14F4N4O/c1-21-8-7-20-11(21)12(22,13(15,16)17)4-6-19-10-9(14)3-2-5-18-10/h2-3,5,7-8,22H,4,6H2,1H3,(H,18,19)/t12-/m1/s1. The Kier molecular flexibility index (Phi) is 4.36. The molecule has 0 radical (unpaired) electrons. The van der Waals surface area contributed by atoms with Crippen LogP contribution in [0.2, 0.25) is 0 Å². The molecular formula is C13H14F4N4O. The Bertz CT molecular complexity index is 643. The SMILES string of the molecule is Cn1ccnc1[C@](O)(CCNc1ncccc1F)C(F)(F)F. The van der Waals surface area contributed by atoms with E-state index >= 15 is 0 Å². The number of aryl methyl sites for hydroxylation is 1. The summed E-state index contributed by atoms with van der Waals surface area (Å²) >= 11 is 0. The van der Waals surface area contributed by atoms with Gasteiger partial charge in [-0.1, -0.05) is 0 Å². The lowest BCUT2D eigenvalue weighted by Crippen LogP contribution is -2.45. The van der Waals surface area contributed by atoms with E-state index in [1.807, 2.05) is 0 Å². The molecule has 5 nitrogen and oxygen atoms in total. The van der Waals surface area contributed by atoms with Crippen LogP contribution in [-0.4, -0.2) is 32.4 Å². The average molecular weight is 318 g/mol. The molecule has 0 amide bonds. The minimum absolute atomic E-state index is 0.174. The maximum Gasteiger partial charge on any atom is 0.424 e. The topological polar surface area (TPSA) is 63.0 Å². The number of imidazole rings is 1. The number of alkyl halides is 3. The fourth-order valence-corrected chi connectivity index (χ4v) is 2.02. The highest BCUT2D eigenvalue weighted by molar-refractivity contribution is 5.35. The van der Waals surface area contributed by atoms with Crippen molar-refractivity contribution in [1.29, 1.82) is 0 Å².